The maximum atomic E-state index is 6.23. The van der Waals surface area contributed by atoms with Crippen LogP contribution in [0.3, 0.4) is 0 Å². The van der Waals surface area contributed by atoms with Crippen molar-refractivity contribution >= 4 is 29.2 Å². The molecule has 1 saturated heterocycles. The molecule has 0 radical (unpaired) electrons. The zero-order valence-electron chi connectivity index (χ0n) is 11.7. The Kier molecular flexibility index (Phi) is 5.79. The Balaban J connectivity index is 2.10. The number of pyridine rings is 1. The van der Waals surface area contributed by atoms with Crippen LogP contribution in [0.15, 0.2) is 12.1 Å². The standard InChI is InChI=1S/C14H22ClN3S/c1-3-6-16-9-13-12(15)4-5-14(17-13)18-7-8-19-10-11(18)2/h4-5,11,16H,3,6-10H2,1-2H3. The summed E-state index contributed by atoms with van der Waals surface area (Å²) >= 11 is 8.24. The van der Waals surface area contributed by atoms with Crippen LogP contribution in [-0.4, -0.2) is 35.6 Å². The van der Waals surface area contributed by atoms with Crippen LogP contribution in [0.25, 0.3) is 0 Å². The minimum Gasteiger partial charge on any atom is -0.352 e. The number of nitrogens with one attached hydrogen (secondary N) is 1. The first kappa shape index (κ1) is 14.9. The van der Waals surface area contributed by atoms with E-state index in [9.17, 15) is 0 Å². The maximum Gasteiger partial charge on any atom is 0.129 e. The highest BCUT2D eigenvalue weighted by molar-refractivity contribution is 7.99. The van der Waals surface area contributed by atoms with Crippen molar-refractivity contribution in [3.05, 3.63) is 22.8 Å². The second-order valence-corrected chi connectivity index (χ2v) is 6.45. The van der Waals surface area contributed by atoms with E-state index < -0.39 is 0 Å². The summed E-state index contributed by atoms with van der Waals surface area (Å²) in [5.41, 5.74) is 0.957. The van der Waals surface area contributed by atoms with Gasteiger partial charge in [-0.3, -0.25) is 0 Å². The van der Waals surface area contributed by atoms with Gasteiger partial charge in [-0.25, -0.2) is 4.98 Å². The summed E-state index contributed by atoms with van der Waals surface area (Å²) in [5.74, 6) is 3.41. The van der Waals surface area contributed by atoms with Crippen molar-refractivity contribution in [2.45, 2.75) is 32.9 Å². The lowest BCUT2D eigenvalue weighted by Gasteiger charge is -2.34. The van der Waals surface area contributed by atoms with E-state index in [1.54, 1.807) is 0 Å². The zero-order chi connectivity index (χ0) is 13.7. The molecule has 1 aliphatic heterocycles. The highest BCUT2D eigenvalue weighted by Crippen LogP contribution is 2.25. The van der Waals surface area contributed by atoms with Gasteiger partial charge in [-0.05, 0) is 32.0 Å². The molecule has 1 aromatic rings. The number of halogens is 1. The molecule has 106 valence electrons. The summed E-state index contributed by atoms with van der Waals surface area (Å²) in [6.07, 6.45) is 1.12. The predicted octanol–water partition coefficient (Wildman–Crippen LogP) is 3.18. The predicted molar refractivity (Wildman–Crippen MR) is 85.4 cm³/mol. The first-order valence-corrected chi connectivity index (χ1v) is 8.46. The molecular weight excluding hydrogens is 278 g/mol. The number of anilines is 1. The molecule has 1 atom stereocenters. The molecule has 0 bridgehead atoms. The number of rotatable bonds is 5. The topological polar surface area (TPSA) is 28.2 Å². The Labute approximate surface area is 125 Å². The second kappa shape index (κ2) is 7.36. The zero-order valence-corrected chi connectivity index (χ0v) is 13.2. The van der Waals surface area contributed by atoms with Crippen LogP contribution < -0.4 is 10.2 Å². The van der Waals surface area contributed by atoms with Crippen LogP contribution in [0, 0.1) is 0 Å². The summed E-state index contributed by atoms with van der Waals surface area (Å²) in [7, 11) is 0. The van der Waals surface area contributed by atoms with Crippen LogP contribution in [-0.2, 0) is 6.54 Å². The van der Waals surface area contributed by atoms with Crippen molar-refractivity contribution in [2.75, 3.05) is 29.5 Å². The van der Waals surface area contributed by atoms with E-state index in [1.165, 1.54) is 11.5 Å². The summed E-state index contributed by atoms with van der Waals surface area (Å²) in [5, 5.41) is 4.12. The van der Waals surface area contributed by atoms with Crippen LogP contribution in [0.1, 0.15) is 26.0 Å². The average Bonchev–Trinajstić information content (AvgIpc) is 2.42. The van der Waals surface area contributed by atoms with Gasteiger partial charge >= 0.3 is 0 Å². The van der Waals surface area contributed by atoms with Gasteiger partial charge < -0.3 is 10.2 Å². The minimum absolute atomic E-state index is 0.545. The average molecular weight is 300 g/mol. The first-order valence-electron chi connectivity index (χ1n) is 6.93. The summed E-state index contributed by atoms with van der Waals surface area (Å²) in [6, 6.07) is 4.56. The molecule has 19 heavy (non-hydrogen) atoms. The van der Waals surface area contributed by atoms with Crippen molar-refractivity contribution in [3.63, 3.8) is 0 Å². The van der Waals surface area contributed by atoms with Crippen LogP contribution in [0.4, 0.5) is 5.82 Å². The molecule has 0 saturated carbocycles. The van der Waals surface area contributed by atoms with Crippen LogP contribution in [0.5, 0.6) is 0 Å². The molecule has 1 fully saturated rings. The fraction of sp³-hybridized carbons (Fsp3) is 0.643. The van der Waals surface area contributed by atoms with E-state index in [-0.39, 0.29) is 0 Å². The smallest absolute Gasteiger partial charge is 0.129 e. The normalized spacial score (nSPS) is 19.7. The molecule has 1 unspecified atom stereocenters. The number of nitrogens with zero attached hydrogens (tertiary/aromatic N) is 2. The van der Waals surface area contributed by atoms with Crippen molar-refractivity contribution < 1.29 is 0 Å². The van der Waals surface area contributed by atoms with E-state index in [0.717, 1.165) is 42.6 Å². The molecule has 0 spiro atoms. The lowest BCUT2D eigenvalue weighted by atomic mass is 10.2. The molecule has 1 N–H and O–H groups in total. The van der Waals surface area contributed by atoms with Gasteiger partial charge in [0.15, 0.2) is 0 Å². The van der Waals surface area contributed by atoms with Crippen molar-refractivity contribution in [1.29, 1.82) is 0 Å². The van der Waals surface area contributed by atoms with E-state index in [1.807, 2.05) is 23.9 Å². The van der Waals surface area contributed by atoms with Crippen molar-refractivity contribution in [3.8, 4) is 0 Å². The molecule has 1 aromatic heterocycles. The largest absolute Gasteiger partial charge is 0.352 e. The van der Waals surface area contributed by atoms with Gasteiger partial charge in [0.25, 0.3) is 0 Å². The van der Waals surface area contributed by atoms with E-state index in [2.05, 4.69) is 24.1 Å². The second-order valence-electron chi connectivity index (χ2n) is 4.89. The van der Waals surface area contributed by atoms with E-state index >= 15 is 0 Å². The van der Waals surface area contributed by atoms with Gasteiger partial charge in [0.2, 0.25) is 0 Å². The first-order chi connectivity index (χ1) is 9.22. The molecule has 0 aliphatic carbocycles. The Hall–Kier alpha value is -0.450. The van der Waals surface area contributed by atoms with Gasteiger partial charge in [0, 0.05) is 30.6 Å². The highest BCUT2D eigenvalue weighted by Gasteiger charge is 2.20. The Morgan fingerprint density at radius 1 is 1.53 bits per heavy atom. The molecule has 1 aliphatic rings. The summed E-state index contributed by atoms with van der Waals surface area (Å²) in [6.45, 7) is 7.24. The van der Waals surface area contributed by atoms with Crippen LogP contribution in [0.2, 0.25) is 5.02 Å². The lowest BCUT2D eigenvalue weighted by Crippen LogP contribution is -2.41. The summed E-state index contributed by atoms with van der Waals surface area (Å²) < 4.78 is 0. The highest BCUT2D eigenvalue weighted by atomic mass is 35.5. The molecular formula is C14H22ClN3S. The molecule has 0 amide bonds. The lowest BCUT2D eigenvalue weighted by molar-refractivity contribution is 0.655. The molecule has 2 heterocycles. The number of thioether (sulfide) groups is 1. The Morgan fingerprint density at radius 3 is 3.11 bits per heavy atom. The van der Waals surface area contributed by atoms with Gasteiger partial charge in [0.05, 0.1) is 10.7 Å². The Bertz CT molecular complexity index is 414. The quantitative estimate of drug-likeness (QED) is 0.845. The van der Waals surface area contributed by atoms with Gasteiger partial charge in [-0.1, -0.05) is 18.5 Å². The maximum absolute atomic E-state index is 6.23. The third kappa shape index (κ3) is 4.01. The minimum atomic E-state index is 0.545. The van der Waals surface area contributed by atoms with Gasteiger partial charge in [-0.2, -0.15) is 11.8 Å². The van der Waals surface area contributed by atoms with Crippen molar-refractivity contribution in [1.82, 2.24) is 10.3 Å². The summed E-state index contributed by atoms with van der Waals surface area (Å²) in [4.78, 5) is 7.13. The fourth-order valence-electron chi connectivity index (χ4n) is 2.21. The SMILES string of the molecule is CCCNCc1nc(N2CCSCC2C)ccc1Cl. The number of hydrogen-bond donors (Lipinski definition) is 1. The van der Waals surface area contributed by atoms with E-state index in [0.29, 0.717) is 6.04 Å². The Morgan fingerprint density at radius 2 is 2.37 bits per heavy atom. The number of aromatic nitrogens is 1. The molecule has 0 aromatic carbocycles. The van der Waals surface area contributed by atoms with Gasteiger partial charge in [0.1, 0.15) is 5.82 Å². The molecule has 5 heteroatoms. The van der Waals surface area contributed by atoms with Gasteiger partial charge in [-0.15, -0.1) is 0 Å². The monoisotopic (exact) mass is 299 g/mol. The molecule has 3 nitrogen and oxygen atoms in total. The molecule has 2 rings (SSSR count). The van der Waals surface area contributed by atoms with Crippen molar-refractivity contribution in [2.24, 2.45) is 0 Å². The third-order valence-electron chi connectivity index (χ3n) is 3.29. The van der Waals surface area contributed by atoms with Crippen LogP contribution >= 0.6 is 23.4 Å². The number of hydrogen-bond acceptors (Lipinski definition) is 4. The fourth-order valence-corrected chi connectivity index (χ4v) is 3.39. The third-order valence-corrected chi connectivity index (χ3v) is 4.82. The van der Waals surface area contributed by atoms with E-state index in [4.69, 9.17) is 16.6 Å².